The zero-order valence-electron chi connectivity index (χ0n) is 19.5. The first-order valence-electron chi connectivity index (χ1n) is 11.4. The SMILES string of the molecule is Cc1cc(Br)ccc1N1C(=O)NC(=O)C(=Cc2cn(CC(=O)N3CCOCC3)c3ccccc23)C1=O. The monoisotopic (exact) mass is 550 g/mol. The Morgan fingerprint density at radius 1 is 1.11 bits per heavy atom. The normalized spacial score (nSPS) is 17.7. The van der Waals surface area contributed by atoms with Gasteiger partial charge in [-0.05, 0) is 42.8 Å². The van der Waals surface area contributed by atoms with Crippen LogP contribution in [-0.4, -0.2) is 59.5 Å². The van der Waals surface area contributed by atoms with Crippen LogP contribution in [0.5, 0.6) is 0 Å². The van der Waals surface area contributed by atoms with Gasteiger partial charge in [0, 0.05) is 40.2 Å². The highest BCUT2D eigenvalue weighted by Crippen LogP contribution is 2.29. The molecule has 2 aliphatic heterocycles. The molecule has 9 nitrogen and oxygen atoms in total. The molecule has 36 heavy (non-hydrogen) atoms. The van der Waals surface area contributed by atoms with Crippen LogP contribution in [0.15, 0.2) is 58.7 Å². The Morgan fingerprint density at radius 2 is 1.86 bits per heavy atom. The van der Waals surface area contributed by atoms with Crippen LogP contribution < -0.4 is 10.2 Å². The number of halogens is 1. The second kappa shape index (κ2) is 9.71. The molecule has 0 saturated carbocycles. The number of para-hydroxylation sites is 1. The Balaban J connectivity index is 1.51. The fourth-order valence-corrected chi connectivity index (χ4v) is 4.96. The van der Waals surface area contributed by atoms with Crippen LogP contribution in [0.1, 0.15) is 11.1 Å². The lowest BCUT2D eigenvalue weighted by molar-refractivity contribution is -0.135. The summed E-state index contributed by atoms with van der Waals surface area (Å²) in [6.07, 6.45) is 3.23. The molecule has 2 saturated heterocycles. The summed E-state index contributed by atoms with van der Waals surface area (Å²) in [6, 6.07) is 11.8. The maximum Gasteiger partial charge on any atom is 0.335 e. The number of carbonyl (C=O) groups is 4. The lowest BCUT2D eigenvalue weighted by Gasteiger charge is -2.27. The number of amides is 5. The number of anilines is 1. The van der Waals surface area contributed by atoms with Gasteiger partial charge in [-0.2, -0.15) is 0 Å². The van der Waals surface area contributed by atoms with Crippen molar-refractivity contribution in [1.82, 2.24) is 14.8 Å². The average Bonchev–Trinajstić information content (AvgIpc) is 3.20. The summed E-state index contributed by atoms with van der Waals surface area (Å²) in [7, 11) is 0. The summed E-state index contributed by atoms with van der Waals surface area (Å²) in [5.41, 5.74) is 2.31. The molecular formula is C26H23BrN4O5. The highest BCUT2D eigenvalue weighted by molar-refractivity contribution is 9.10. The van der Waals surface area contributed by atoms with Gasteiger partial charge >= 0.3 is 6.03 Å². The topological polar surface area (TPSA) is 101 Å². The highest BCUT2D eigenvalue weighted by atomic mass is 79.9. The number of carbonyl (C=O) groups excluding carboxylic acids is 4. The first kappa shape index (κ1) is 24.0. The van der Waals surface area contributed by atoms with Crippen LogP contribution in [0.2, 0.25) is 0 Å². The average molecular weight is 551 g/mol. The number of aromatic nitrogens is 1. The van der Waals surface area contributed by atoms with Crippen LogP contribution in [0.3, 0.4) is 0 Å². The first-order chi connectivity index (χ1) is 17.3. The second-order valence-electron chi connectivity index (χ2n) is 8.61. The number of nitrogens with zero attached hydrogens (tertiary/aromatic N) is 3. The minimum absolute atomic E-state index is 0.0350. The van der Waals surface area contributed by atoms with E-state index >= 15 is 0 Å². The fourth-order valence-electron chi connectivity index (χ4n) is 4.48. The number of benzene rings is 2. The smallest absolute Gasteiger partial charge is 0.335 e. The van der Waals surface area contributed by atoms with E-state index in [2.05, 4.69) is 21.2 Å². The molecule has 184 valence electrons. The Morgan fingerprint density at radius 3 is 2.61 bits per heavy atom. The third-order valence-electron chi connectivity index (χ3n) is 6.29. The second-order valence-corrected chi connectivity index (χ2v) is 9.53. The van der Waals surface area contributed by atoms with E-state index in [0.717, 1.165) is 20.3 Å². The van der Waals surface area contributed by atoms with Gasteiger partial charge in [-0.3, -0.25) is 19.7 Å². The number of hydrogen-bond acceptors (Lipinski definition) is 5. The van der Waals surface area contributed by atoms with Crippen LogP contribution in [0.25, 0.3) is 17.0 Å². The van der Waals surface area contributed by atoms with Crippen molar-refractivity contribution in [2.45, 2.75) is 13.5 Å². The van der Waals surface area contributed by atoms with Crippen molar-refractivity contribution >= 4 is 62.3 Å². The van der Waals surface area contributed by atoms with Gasteiger partial charge in [-0.15, -0.1) is 0 Å². The predicted octanol–water partition coefficient (Wildman–Crippen LogP) is 3.24. The summed E-state index contributed by atoms with van der Waals surface area (Å²) in [6.45, 7) is 4.01. The van der Waals surface area contributed by atoms with Crippen LogP contribution >= 0.6 is 15.9 Å². The molecule has 1 N–H and O–H groups in total. The number of ether oxygens (including phenoxy) is 1. The Labute approximate surface area is 215 Å². The van der Waals surface area contributed by atoms with Gasteiger partial charge in [0.25, 0.3) is 11.8 Å². The number of barbiturate groups is 1. The van der Waals surface area contributed by atoms with Crippen LogP contribution in [0, 0.1) is 6.92 Å². The third-order valence-corrected chi connectivity index (χ3v) is 6.78. The van der Waals surface area contributed by atoms with E-state index in [0.29, 0.717) is 43.1 Å². The molecule has 3 heterocycles. The van der Waals surface area contributed by atoms with Crippen molar-refractivity contribution in [3.63, 3.8) is 0 Å². The van der Waals surface area contributed by atoms with Crippen molar-refractivity contribution in [2.75, 3.05) is 31.2 Å². The van der Waals surface area contributed by atoms with E-state index in [4.69, 9.17) is 4.74 Å². The molecule has 0 radical (unpaired) electrons. The molecule has 2 aromatic carbocycles. The van der Waals surface area contributed by atoms with Crippen molar-refractivity contribution in [3.8, 4) is 0 Å². The molecule has 5 rings (SSSR count). The number of hydrogen-bond donors (Lipinski definition) is 1. The number of rotatable bonds is 4. The summed E-state index contributed by atoms with van der Waals surface area (Å²) < 4.78 is 7.95. The molecule has 0 unspecified atom stereocenters. The van der Waals surface area contributed by atoms with E-state index in [1.807, 2.05) is 28.8 Å². The number of imide groups is 2. The van der Waals surface area contributed by atoms with Crippen LogP contribution in [-0.2, 0) is 25.7 Å². The maximum absolute atomic E-state index is 13.4. The van der Waals surface area contributed by atoms with Crippen LogP contribution in [0.4, 0.5) is 10.5 Å². The molecule has 0 spiro atoms. The predicted molar refractivity (Wildman–Crippen MR) is 137 cm³/mol. The van der Waals surface area contributed by atoms with Crippen molar-refractivity contribution in [1.29, 1.82) is 0 Å². The Kier molecular flexibility index (Phi) is 6.46. The molecule has 1 aromatic heterocycles. The van der Waals surface area contributed by atoms with E-state index < -0.39 is 17.8 Å². The first-order valence-corrected chi connectivity index (χ1v) is 12.2. The van der Waals surface area contributed by atoms with E-state index in [1.165, 1.54) is 6.08 Å². The lowest BCUT2D eigenvalue weighted by Crippen LogP contribution is -2.54. The summed E-state index contributed by atoms with van der Waals surface area (Å²) in [5.74, 6) is -1.51. The van der Waals surface area contributed by atoms with E-state index in [1.54, 1.807) is 36.2 Å². The minimum atomic E-state index is -0.800. The summed E-state index contributed by atoms with van der Waals surface area (Å²) >= 11 is 3.38. The molecule has 0 aliphatic carbocycles. The molecule has 2 fully saturated rings. The van der Waals surface area contributed by atoms with Crippen molar-refractivity contribution < 1.29 is 23.9 Å². The number of fused-ring (bicyclic) bond motifs is 1. The third kappa shape index (κ3) is 4.45. The molecule has 3 aromatic rings. The minimum Gasteiger partial charge on any atom is -0.378 e. The Hall–Kier alpha value is -3.76. The lowest BCUT2D eigenvalue weighted by atomic mass is 10.1. The largest absolute Gasteiger partial charge is 0.378 e. The van der Waals surface area contributed by atoms with Gasteiger partial charge in [0.2, 0.25) is 5.91 Å². The van der Waals surface area contributed by atoms with Crippen molar-refractivity contribution in [3.05, 3.63) is 69.8 Å². The van der Waals surface area contributed by atoms with Gasteiger partial charge in [0.15, 0.2) is 0 Å². The highest BCUT2D eigenvalue weighted by Gasteiger charge is 2.37. The molecule has 0 bridgehead atoms. The van der Waals surface area contributed by atoms with Gasteiger partial charge in [-0.1, -0.05) is 34.1 Å². The van der Waals surface area contributed by atoms with Gasteiger partial charge in [-0.25, -0.2) is 9.69 Å². The van der Waals surface area contributed by atoms with E-state index in [9.17, 15) is 19.2 Å². The molecule has 0 atom stereocenters. The Bertz CT molecular complexity index is 1440. The quantitative estimate of drug-likeness (QED) is 0.397. The van der Waals surface area contributed by atoms with Gasteiger partial charge in [0.1, 0.15) is 12.1 Å². The van der Waals surface area contributed by atoms with Gasteiger partial charge in [0.05, 0.1) is 18.9 Å². The van der Waals surface area contributed by atoms with Crippen molar-refractivity contribution in [2.24, 2.45) is 0 Å². The van der Waals surface area contributed by atoms with E-state index in [-0.39, 0.29) is 18.0 Å². The number of morpholine rings is 1. The molecule has 2 aliphatic rings. The fraction of sp³-hybridized carbons (Fsp3) is 0.231. The molecular weight excluding hydrogens is 528 g/mol. The molecule has 10 heteroatoms. The zero-order valence-corrected chi connectivity index (χ0v) is 21.1. The summed E-state index contributed by atoms with van der Waals surface area (Å²) in [4.78, 5) is 54.4. The number of nitrogens with one attached hydrogen (secondary N) is 1. The number of aryl methyl sites for hydroxylation is 1. The summed E-state index contributed by atoms with van der Waals surface area (Å²) in [5, 5.41) is 3.05. The number of urea groups is 1. The maximum atomic E-state index is 13.4. The zero-order chi connectivity index (χ0) is 25.4. The standard InChI is InChI=1S/C26H23BrN4O5/c1-16-12-18(27)6-7-21(16)31-25(34)20(24(33)28-26(31)35)13-17-14-30(22-5-3-2-4-19(17)22)15-23(32)29-8-10-36-11-9-29/h2-7,12-14H,8-11,15H2,1H3,(H,28,33,35). The molecule has 5 amide bonds. The van der Waals surface area contributed by atoms with Gasteiger partial charge < -0.3 is 14.2 Å².